The highest BCUT2D eigenvalue weighted by molar-refractivity contribution is 5.67. The number of hydrogen-bond donors (Lipinski definition) is 0. The van der Waals surface area contributed by atoms with Crippen molar-refractivity contribution < 1.29 is 9.53 Å². The summed E-state index contributed by atoms with van der Waals surface area (Å²) in [4.78, 5) is 11.2. The van der Waals surface area contributed by atoms with E-state index in [4.69, 9.17) is 4.74 Å². The van der Waals surface area contributed by atoms with Gasteiger partial charge in [0.05, 0.1) is 0 Å². The summed E-state index contributed by atoms with van der Waals surface area (Å²) in [7, 11) is 0. The van der Waals surface area contributed by atoms with Crippen molar-refractivity contribution in [3.05, 3.63) is 35.4 Å². The summed E-state index contributed by atoms with van der Waals surface area (Å²) in [5, 5.41) is 0. The van der Waals surface area contributed by atoms with E-state index in [0.29, 0.717) is 0 Å². The third-order valence-electron chi connectivity index (χ3n) is 3.12. The van der Waals surface area contributed by atoms with Gasteiger partial charge in [-0.15, -0.1) is 0 Å². The molecule has 0 N–H and O–H groups in total. The fraction of sp³-hybridized carbons (Fsp3) is 0.500. The van der Waals surface area contributed by atoms with Crippen molar-refractivity contribution in [3.63, 3.8) is 0 Å². The first-order valence-corrected chi connectivity index (χ1v) is 5.81. The second-order valence-electron chi connectivity index (χ2n) is 4.11. The van der Waals surface area contributed by atoms with Crippen LogP contribution in [-0.4, -0.2) is 5.97 Å². The number of carbonyl (C=O) groups is 1. The zero-order chi connectivity index (χ0) is 12.2. The van der Waals surface area contributed by atoms with E-state index in [9.17, 15) is 4.79 Å². The van der Waals surface area contributed by atoms with Crippen LogP contribution < -0.4 is 0 Å². The van der Waals surface area contributed by atoms with Crippen LogP contribution in [-0.2, 0) is 15.1 Å². The first-order chi connectivity index (χ1) is 7.55. The van der Waals surface area contributed by atoms with Gasteiger partial charge in [-0.2, -0.15) is 0 Å². The SMILES string of the molecule is CCC(CC)(OC(C)=O)c1ccccc1C. The average molecular weight is 220 g/mol. The van der Waals surface area contributed by atoms with E-state index in [0.717, 1.165) is 18.4 Å². The Morgan fingerprint density at radius 2 is 1.81 bits per heavy atom. The van der Waals surface area contributed by atoms with Crippen molar-refractivity contribution in [1.82, 2.24) is 0 Å². The van der Waals surface area contributed by atoms with E-state index in [1.807, 2.05) is 18.2 Å². The van der Waals surface area contributed by atoms with Gasteiger partial charge in [0, 0.05) is 6.92 Å². The number of ether oxygens (including phenoxy) is 1. The highest BCUT2D eigenvalue weighted by Crippen LogP contribution is 2.35. The normalized spacial score (nSPS) is 11.2. The van der Waals surface area contributed by atoms with Crippen LogP contribution in [0.15, 0.2) is 24.3 Å². The smallest absolute Gasteiger partial charge is 0.303 e. The lowest BCUT2D eigenvalue weighted by Crippen LogP contribution is -2.31. The number of hydrogen-bond acceptors (Lipinski definition) is 2. The number of benzene rings is 1. The second kappa shape index (κ2) is 5.15. The van der Waals surface area contributed by atoms with Crippen molar-refractivity contribution in [1.29, 1.82) is 0 Å². The van der Waals surface area contributed by atoms with Gasteiger partial charge < -0.3 is 4.74 Å². The molecule has 0 saturated carbocycles. The molecular weight excluding hydrogens is 200 g/mol. The number of rotatable bonds is 4. The van der Waals surface area contributed by atoms with Gasteiger partial charge in [-0.3, -0.25) is 4.79 Å². The molecule has 0 spiro atoms. The molecular formula is C14H20O2. The van der Waals surface area contributed by atoms with Gasteiger partial charge in [-0.05, 0) is 30.9 Å². The molecule has 0 heterocycles. The van der Waals surface area contributed by atoms with Gasteiger partial charge in [0.2, 0.25) is 0 Å². The van der Waals surface area contributed by atoms with Crippen LogP contribution in [0.5, 0.6) is 0 Å². The van der Waals surface area contributed by atoms with Crippen LogP contribution in [0.25, 0.3) is 0 Å². The molecule has 0 aliphatic carbocycles. The van der Waals surface area contributed by atoms with E-state index in [1.54, 1.807) is 0 Å². The minimum absolute atomic E-state index is 0.216. The van der Waals surface area contributed by atoms with Gasteiger partial charge in [0.1, 0.15) is 5.60 Å². The summed E-state index contributed by atoms with van der Waals surface area (Å²) < 4.78 is 5.56. The van der Waals surface area contributed by atoms with Crippen LogP contribution in [0, 0.1) is 6.92 Å². The van der Waals surface area contributed by atoms with E-state index in [1.165, 1.54) is 12.5 Å². The monoisotopic (exact) mass is 220 g/mol. The Morgan fingerprint density at radius 1 is 1.25 bits per heavy atom. The molecule has 0 saturated heterocycles. The molecule has 0 radical (unpaired) electrons. The van der Waals surface area contributed by atoms with Gasteiger partial charge >= 0.3 is 5.97 Å². The topological polar surface area (TPSA) is 26.3 Å². The second-order valence-corrected chi connectivity index (χ2v) is 4.11. The minimum Gasteiger partial charge on any atom is -0.454 e. The Morgan fingerprint density at radius 3 is 2.25 bits per heavy atom. The zero-order valence-electron chi connectivity index (χ0n) is 10.5. The maximum Gasteiger partial charge on any atom is 0.303 e. The Labute approximate surface area is 97.6 Å². The third kappa shape index (κ3) is 2.43. The minimum atomic E-state index is -0.461. The molecule has 16 heavy (non-hydrogen) atoms. The molecule has 88 valence electrons. The van der Waals surface area contributed by atoms with Gasteiger partial charge in [0.25, 0.3) is 0 Å². The van der Waals surface area contributed by atoms with Crippen molar-refractivity contribution >= 4 is 5.97 Å². The van der Waals surface area contributed by atoms with Gasteiger partial charge in [-0.1, -0.05) is 38.1 Å². The van der Waals surface area contributed by atoms with Crippen molar-refractivity contribution in [2.75, 3.05) is 0 Å². The summed E-state index contributed by atoms with van der Waals surface area (Å²) in [6.45, 7) is 7.63. The molecule has 2 heteroatoms. The zero-order valence-corrected chi connectivity index (χ0v) is 10.5. The molecule has 0 fully saturated rings. The van der Waals surface area contributed by atoms with Crippen molar-refractivity contribution in [2.24, 2.45) is 0 Å². The van der Waals surface area contributed by atoms with Crippen LogP contribution in [0.4, 0.5) is 0 Å². The maximum atomic E-state index is 11.2. The summed E-state index contributed by atoms with van der Waals surface area (Å²) >= 11 is 0. The Balaban J connectivity index is 3.20. The molecule has 1 aromatic rings. The first-order valence-electron chi connectivity index (χ1n) is 5.81. The third-order valence-corrected chi connectivity index (χ3v) is 3.12. The van der Waals surface area contributed by atoms with Crippen LogP contribution in [0.2, 0.25) is 0 Å². The fourth-order valence-electron chi connectivity index (χ4n) is 2.19. The quantitative estimate of drug-likeness (QED) is 0.725. The number of esters is 1. The van der Waals surface area contributed by atoms with Crippen LogP contribution in [0.1, 0.15) is 44.7 Å². The molecule has 0 atom stereocenters. The lowest BCUT2D eigenvalue weighted by molar-refractivity contribution is -0.159. The maximum absolute atomic E-state index is 11.2. The lowest BCUT2D eigenvalue weighted by Gasteiger charge is -2.33. The summed E-state index contributed by atoms with van der Waals surface area (Å²) in [6.07, 6.45) is 1.60. The molecule has 0 bridgehead atoms. The summed E-state index contributed by atoms with van der Waals surface area (Å²) in [5.41, 5.74) is 1.83. The van der Waals surface area contributed by atoms with Crippen molar-refractivity contribution in [3.8, 4) is 0 Å². The Bertz CT molecular complexity index is 365. The standard InChI is InChI=1S/C14H20O2/c1-5-14(6-2,16-12(4)15)13-10-8-7-9-11(13)3/h7-10H,5-6H2,1-4H3. The summed E-state index contributed by atoms with van der Waals surface area (Å²) in [5.74, 6) is -0.216. The van der Waals surface area contributed by atoms with Gasteiger partial charge in [0.15, 0.2) is 0 Å². The number of carbonyl (C=O) groups excluding carboxylic acids is 1. The predicted octanol–water partition coefficient (Wildman–Crippen LogP) is 3.57. The fourth-order valence-corrected chi connectivity index (χ4v) is 2.19. The van der Waals surface area contributed by atoms with E-state index in [-0.39, 0.29) is 5.97 Å². The van der Waals surface area contributed by atoms with Crippen molar-refractivity contribution in [2.45, 2.75) is 46.1 Å². The highest BCUT2D eigenvalue weighted by atomic mass is 16.6. The molecule has 0 unspecified atom stereocenters. The first kappa shape index (κ1) is 12.8. The number of aryl methyl sites for hydroxylation is 1. The molecule has 2 nitrogen and oxygen atoms in total. The van der Waals surface area contributed by atoms with Crippen LogP contribution in [0.3, 0.4) is 0 Å². The Hall–Kier alpha value is -1.31. The molecule has 0 aliphatic rings. The molecule has 1 aromatic carbocycles. The Kier molecular flexibility index (Phi) is 4.11. The predicted molar refractivity (Wildman–Crippen MR) is 65.2 cm³/mol. The average Bonchev–Trinajstić information content (AvgIpc) is 2.26. The lowest BCUT2D eigenvalue weighted by atomic mass is 9.85. The molecule has 1 rings (SSSR count). The van der Waals surface area contributed by atoms with Gasteiger partial charge in [-0.25, -0.2) is 0 Å². The van der Waals surface area contributed by atoms with E-state index < -0.39 is 5.60 Å². The molecule has 0 aromatic heterocycles. The summed E-state index contributed by atoms with van der Waals surface area (Å²) in [6, 6.07) is 8.10. The van der Waals surface area contributed by atoms with E-state index >= 15 is 0 Å². The highest BCUT2D eigenvalue weighted by Gasteiger charge is 2.32. The molecule has 0 aliphatic heterocycles. The molecule has 0 amide bonds. The largest absolute Gasteiger partial charge is 0.454 e. The van der Waals surface area contributed by atoms with E-state index in [2.05, 4.69) is 26.8 Å². The van der Waals surface area contributed by atoms with Crippen LogP contribution >= 0.6 is 0 Å².